The lowest BCUT2D eigenvalue weighted by molar-refractivity contribution is -0.136. The van der Waals surface area contributed by atoms with E-state index in [0.717, 1.165) is 0 Å². The maximum Gasteiger partial charge on any atom is 0.342 e. The second kappa shape index (κ2) is 8.39. The largest absolute Gasteiger partial charge is 0.504 e. The lowest BCUT2D eigenvalue weighted by Gasteiger charge is -2.27. The molecule has 0 bridgehead atoms. The minimum atomic E-state index is -3.13. The number of phenols is 1. The number of rotatable bonds is 7. The maximum absolute atomic E-state index is 12.4. The normalized spacial score (nSPS) is 18.3. The van der Waals surface area contributed by atoms with Crippen LogP contribution in [0.15, 0.2) is 18.2 Å². The number of nitrogens with zero attached hydrogens (tertiary/aromatic N) is 1. The van der Waals surface area contributed by atoms with Crippen LogP contribution in [0.4, 0.5) is 0 Å². The minimum Gasteiger partial charge on any atom is -0.504 e. The fraction of sp³-hybridized carbons (Fsp3) is 0.529. The highest BCUT2D eigenvalue weighted by Gasteiger charge is 2.34. The lowest BCUT2D eigenvalue weighted by Crippen LogP contribution is -2.43. The van der Waals surface area contributed by atoms with Crippen molar-refractivity contribution in [2.75, 3.05) is 31.8 Å². The van der Waals surface area contributed by atoms with Gasteiger partial charge < -0.3 is 19.5 Å². The maximum atomic E-state index is 12.4. The van der Waals surface area contributed by atoms with Crippen LogP contribution in [0.5, 0.6) is 11.5 Å². The summed E-state index contributed by atoms with van der Waals surface area (Å²) in [7, 11) is -1.78. The molecule has 8 nitrogen and oxygen atoms in total. The zero-order valence-electron chi connectivity index (χ0n) is 14.8. The Labute approximate surface area is 152 Å². The molecule has 1 aromatic carbocycles. The van der Waals surface area contributed by atoms with Crippen LogP contribution in [0, 0.1) is 0 Å². The summed E-state index contributed by atoms with van der Waals surface area (Å²) in [4.78, 5) is 26.0. The molecule has 0 aromatic heterocycles. The van der Waals surface area contributed by atoms with Crippen molar-refractivity contribution in [2.45, 2.75) is 25.8 Å². The number of carbonyl (C=O) groups is 2. The van der Waals surface area contributed by atoms with Crippen LogP contribution in [0.2, 0.25) is 0 Å². The monoisotopic (exact) mass is 385 g/mol. The van der Waals surface area contributed by atoms with Crippen molar-refractivity contribution >= 4 is 21.7 Å². The molecule has 0 aliphatic carbocycles. The molecular formula is C17H23NO7S. The Hall–Kier alpha value is -2.29. The number of hydrogen-bond acceptors (Lipinski definition) is 7. The summed E-state index contributed by atoms with van der Waals surface area (Å²) in [6.07, 6.45) is 1.05. The Balaban J connectivity index is 2.02. The van der Waals surface area contributed by atoms with Crippen molar-refractivity contribution in [1.82, 2.24) is 4.90 Å². The van der Waals surface area contributed by atoms with Gasteiger partial charge in [-0.25, -0.2) is 13.2 Å². The second-order valence-corrected chi connectivity index (χ2v) is 8.31. The zero-order chi connectivity index (χ0) is 19.3. The molecule has 1 saturated heterocycles. The molecule has 1 amide bonds. The fourth-order valence-corrected chi connectivity index (χ4v) is 4.64. The number of amides is 1. The number of sulfone groups is 1. The van der Waals surface area contributed by atoms with Crippen molar-refractivity contribution in [3.05, 3.63) is 23.8 Å². The first-order valence-corrected chi connectivity index (χ1v) is 10.1. The van der Waals surface area contributed by atoms with Gasteiger partial charge in [0, 0.05) is 12.6 Å². The van der Waals surface area contributed by atoms with Gasteiger partial charge in [-0.3, -0.25) is 4.79 Å². The first kappa shape index (κ1) is 20.0. The average molecular weight is 385 g/mol. The molecule has 0 saturated carbocycles. The third-order valence-electron chi connectivity index (χ3n) is 4.20. The first-order valence-electron chi connectivity index (χ1n) is 8.32. The Bertz CT molecular complexity index is 775. The van der Waals surface area contributed by atoms with Crippen molar-refractivity contribution < 1.29 is 32.6 Å². The smallest absolute Gasteiger partial charge is 0.342 e. The van der Waals surface area contributed by atoms with Gasteiger partial charge in [-0.2, -0.15) is 0 Å². The van der Waals surface area contributed by atoms with Crippen molar-refractivity contribution in [2.24, 2.45) is 0 Å². The van der Waals surface area contributed by atoms with Gasteiger partial charge in [-0.05, 0) is 25.0 Å². The lowest BCUT2D eigenvalue weighted by atomic mass is 10.2. The number of phenolic OH excluding ortho intramolecular Hbond substituents is 1. The minimum absolute atomic E-state index is 0.0582. The standard InChI is InChI=1S/C17H23NO7S/c1-3-8-18(12-7-9-26(22,23)11-12)15(19)10-25-17(21)13-5-4-6-14(24-2)16(13)20/h4-6,12,20H,3,7-11H2,1-2H3. The van der Waals surface area contributed by atoms with E-state index in [1.807, 2.05) is 6.92 Å². The number of methoxy groups -OCH3 is 1. The number of carbonyl (C=O) groups excluding carboxylic acids is 2. The van der Waals surface area contributed by atoms with Gasteiger partial charge in [0.2, 0.25) is 0 Å². The number of ether oxygens (including phenoxy) is 2. The summed E-state index contributed by atoms with van der Waals surface area (Å²) >= 11 is 0. The van der Waals surface area contributed by atoms with Crippen LogP contribution >= 0.6 is 0 Å². The Morgan fingerprint density at radius 2 is 2.08 bits per heavy atom. The summed E-state index contributed by atoms with van der Waals surface area (Å²) in [6.45, 7) is 1.75. The van der Waals surface area contributed by atoms with Gasteiger partial charge >= 0.3 is 5.97 Å². The molecule has 26 heavy (non-hydrogen) atoms. The summed E-state index contributed by atoms with van der Waals surface area (Å²) in [5.74, 6) is -1.56. The summed E-state index contributed by atoms with van der Waals surface area (Å²) in [5, 5.41) is 9.96. The van der Waals surface area contributed by atoms with Crippen LogP contribution in [-0.2, 0) is 19.4 Å². The average Bonchev–Trinajstić information content (AvgIpc) is 2.97. The molecule has 9 heteroatoms. The van der Waals surface area contributed by atoms with Crippen molar-refractivity contribution in [3.8, 4) is 11.5 Å². The molecule has 1 heterocycles. The van der Waals surface area contributed by atoms with E-state index in [9.17, 15) is 23.1 Å². The molecule has 0 radical (unpaired) electrons. The highest BCUT2D eigenvalue weighted by molar-refractivity contribution is 7.91. The van der Waals surface area contributed by atoms with E-state index in [1.54, 1.807) is 0 Å². The molecule has 144 valence electrons. The molecular weight excluding hydrogens is 362 g/mol. The quantitative estimate of drug-likeness (QED) is 0.697. The Morgan fingerprint density at radius 3 is 2.65 bits per heavy atom. The highest BCUT2D eigenvalue weighted by Crippen LogP contribution is 2.29. The Kier molecular flexibility index (Phi) is 6.47. The number of aromatic hydroxyl groups is 1. The van der Waals surface area contributed by atoms with Crippen molar-refractivity contribution in [3.63, 3.8) is 0 Å². The topological polar surface area (TPSA) is 110 Å². The third-order valence-corrected chi connectivity index (χ3v) is 5.95. The fourth-order valence-electron chi connectivity index (χ4n) is 2.91. The van der Waals surface area contributed by atoms with E-state index in [0.29, 0.717) is 19.4 Å². The molecule has 1 aliphatic heterocycles. The van der Waals surface area contributed by atoms with Crippen LogP contribution in [-0.4, -0.2) is 68.1 Å². The molecule has 1 fully saturated rings. The van der Waals surface area contributed by atoms with E-state index in [1.165, 1.54) is 30.2 Å². The van der Waals surface area contributed by atoms with Gasteiger partial charge in [0.15, 0.2) is 27.9 Å². The molecule has 1 aromatic rings. The van der Waals surface area contributed by atoms with Crippen LogP contribution in [0.25, 0.3) is 0 Å². The predicted molar refractivity (Wildman–Crippen MR) is 94.0 cm³/mol. The molecule has 1 aliphatic rings. The van der Waals surface area contributed by atoms with E-state index < -0.39 is 34.4 Å². The van der Waals surface area contributed by atoms with E-state index in [2.05, 4.69) is 0 Å². The van der Waals surface area contributed by atoms with Crippen LogP contribution in [0.1, 0.15) is 30.1 Å². The van der Waals surface area contributed by atoms with Crippen molar-refractivity contribution in [1.29, 1.82) is 0 Å². The summed E-state index contributed by atoms with van der Waals surface area (Å²) in [5.41, 5.74) is -0.109. The molecule has 2 rings (SSSR count). The molecule has 0 spiro atoms. The number of para-hydroxylation sites is 1. The van der Waals surface area contributed by atoms with Crippen LogP contribution < -0.4 is 4.74 Å². The third kappa shape index (κ3) is 4.66. The van der Waals surface area contributed by atoms with Gasteiger partial charge in [-0.15, -0.1) is 0 Å². The van der Waals surface area contributed by atoms with E-state index in [-0.39, 0.29) is 28.6 Å². The summed E-state index contributed by atoms with van der Waals surface area (Å²) in [6, 6.07) is 3.97. The van der Waals surface area contributed by atoms with Gasteiger partial charge in [0.05, 0.1) is 18.6 Å². The van der Waals surface area contributed by atoms with Crippen LogP contribution in [0.3, 0.4) is 0 Å². The molecule has 1 N–H and O–H groups in total. The number of benzene rings is 1. The van der Waals surface area contributed by atoms with E-state index >= 15 is 0 Å². The molecule has 1 atom stereocenters. The summed E-state index contributed by atoms with van der Waals surface area (Å²) < 4.78 is 33.3. The zero-order valence-corrected chi connectivity index (χ0v) is 15.6. The molecule has 1 unspecified atom stereocenters. The van der Waals surface area contributed by atoms with Gasteiger partial charge in [-0.1, -0.05) is 13.0 Å². The van der Waals surface area contributed by atoms with Gasteiger partial charge in [0.25, 0.3) is 5.91 Å². The number of hydrogen-bond donors (Lipinski definition) is 1. The predicted octanol–water partition coefficient (Wildman–Crippen LogP) is 0.983. The highest BCUT2D eigenvalue weighted by atomic mass is 32.2. The number of esters is 1. The Morgan fingerprint density at radius 1 is 1.35 bits per heavy atom. The first-order chi connectivity index (χ1) is 12.3. The SMILES string of the molecule is CCCN(C(=O)COC(=O)c1cccc(OC)c1O)C1CCS(=O)(=O)C1. The van der Waals surface area contributed by atoms with E-state index in [4.69, 9.17) is 9.47 Å². The second-order valence-electron chi connectivity index (χ2n) is 6.08. The van der Waals surface area contributed by atoms with Gasteiger partial charge in [0.1, 0.15) is 5.56 Å².